The van der Waals surface area contributed by atoms with Crippen LogP contribution in [0.1, 0.15) is 40.6 Å². The van der Waals surface area contributed by atoms with E-state index in [0.29, 0.717) is 6.54 Å². The number of aromatic carboxylic acids is 1. The third kappa shape index (κ3) is 2.96. The molecule has 1 amide bonds. The Morgan fingerprint density at radius 2 is 2.15 bits per heavy atom. The summed E-state index contributed by atoms with van der Waals surface area (Å²) in [5, 5.41) is 12.4. The number of amides is 1. The molecule has 0 spiro atoms. The predicted molar refractivity (Wildman–Crippen MR) is 73.8 cm³/mol. The van der Waals surface area contributed by atoms with Crippen LogP contribution < -0.4 is 5.32 Å². The highest BCUT2D eigenvalue weighted by molar-refractivity contribution is 6.03. The van der Waals surface area contributed by atoms with E-state index in [1.54, 1.807) is 4.90 Å². The Labute approximate surface area is 117 Å². The van der Waals surface area contributed by atoms with Gasteiger partial charge in [-0.05, 0) is 45.0 Å². The van der Waals surface area contributed by atoms with Crippen LogP contribution in [0.25, 0.3) is 0 Å². The van der Waals surface area contributed by atoms with Crippen LogP contribution in [0.15, 0.2) is 18.3 Å². The van der Waals surface area contributed by atoms with Gasteiger partial charge in [0.05, 0.1) is 5.56 Å². The predicted octanol–water partition coefficient (Wildman–Crippen LogP) is 0.994. The first-order valence-electron chi connectivity index (χ1n) is 6.85. The fourth-order valence-corrected chi connectivity index (χ4v) is 2.57. The number of rotatable bonds is 4. The number of carbonyl (C=O) groups excluding carboxylic acids is 1. The molecule has 1 aromatic heterocycles. The Morgan fingerprint density at radius 1 is 1.45 bits per heavy atom. The Hall–Kier alpha value is -1.95. The minimum atomic E-state index is -1.12. The molecule has 0 atom stereocenters. The Bertz CT molecular complexity index is 498. The normalized spacial score (nSPS) is 15.8. The zero-order valence-corrected chi connectivity index (χ0v) is 11.5. The lowest BCUT2D eigenvalue weighted by Crippen LogP contribution is -2.46. The van der Waals surface area contributed by atoms with Crippen molar-refractivity contribution in [1.29, 1.82) is 0 Å². The number of carboxylic acid groups (broad SMARTS) is 1. The molecule has 0 radical (unpaired) electrons. The summed E-state index contributed by atoms with van der Waals surface area (Å²) >= 11 is 0. The molecule has 2 N–H and O–H groups in total. The molecule has 2 rings (SSSR count). The molecule has 0 aliphatic carbocycles. The molecule has 108 valence electrons. The van der Waals surface area contributed by atoms with Gasteiger partial charge in [0.1, 0.15) is 5.69 Å². The van der Waals surface area contributed by atoms with Crippen molar-refractivity contribution < 1.29 is 14.7 Å². The summed E-state index contributed by atoms with van der Waals surface area (Å²) in [5.74, 6) is -1.42. The molecular formula is C14H19N3O3. The average Bonchev–Trinajstić information content (AvgIpc) is 2.49. The molecular weight excluding hydrogens is 258 g/mol. The fraction of sp³-hybridized carbons (Fsp3) is 0.500. The van der Waals surface area contributed by atoms with Gasteiger partial charge in [-0.15, -0.1) is 0 Å². The van der Waals surface area contributed by atoms with E-state index in [1.807, 2.05) is 6.92 Å². The van der Waals surface area contributed by atoms with E-state index in [0.717, 1.165) is 25.9 Å². The number of aromatic nitrogens is 1. The van der Waals surface area contributed by atoms with E-state index in [2.05, 4.69) is 10.3 Å². The van der Waals surface area contributed by atoms with Crippen molar-refractivity contribution in [2.45, 2.75) is 25.8 Å². The Morgan fingerprint density at radius 3 is 2.75 bits per heavy atom. The van der Waals surface area contributed by atoms with E-state index in [4.69, 9.17) is 5.11 Å². The van der Waals surface area contributed by atoms with Crippen molar-refractivity contribution in [3.63, 3.8) is 0 Å². The number of carboxylic acids is 1. The highest BCUT2D eigenvalue weighted by atomic mass is 16.4. The van der Waals surface area contributed by atoms with E-state index < -0.39 is 5.97 Å². The largest absolute Gasteiger partial charge is 0.478 e. The molecule has 0 bridgehead atoms. The molecule has 0 unspecified atom stereocenters. The summed E-state index contributed by atoms with van der Waals surface area (Å²) in [6, 6.07) is 3.09. The maximum atomic E-state index is 12.6. The first kappa shape index (κ1) is 14.5. The van der Waals surface area contributed by atoms with Crippen molar-refractivity contribution in [3.8, 4) is 0 Å². The summed E-state index contributed by atoms with van der Waals surface area (Å²) in [6.07, 6.45) is 3.22. The quantitative estimate of drug-likeness (QED) is 0.857. The summed E-state index contributed by atoms with van der Waals surface area (Å²) in [7, 11) is 0. The number of pyridine rings is 1. The Balaban J connectivity index is 2.26. The molecule has 1 aromatic rings. The highest BCUT2D eigenvalue weighted by Gasteiger charge is 2.28. The first-order chi connectivity index (χ1) is 9.65. The van der Waals surface area contributed by atoms with Gasteiger partial charge in [0.25, 0.3) is 5.91 Å². The van der Waals surface area contributed by atoms with Gasteiger partial charge in [-0.2, -0.15) is 0 Å². The van der Waals surface area contributed by atoms with Crippen molar-refractivity contribution >= 4 is 11.9 Å². The van der Waals surface area contributed by atoms with Gasteiger partial charge in [-0.3, -0.25) is 9.78 Å². The van der Waals surface area contributed by atoms with Gasteiger partial charge in [0, 0.05) is 18.8 Å². The smallest absolute Gasteiger partial charge is 0.338 e. The van der Waals surface area contributed by atoms with Crippen LogP contribution in [0.4, 0.5) is 0 Å². The lowest BCUT2D eigenvalue weighted by Gasteiger charge is -2.33. The summed E-state index contributed by atoms with van der Waals surface area (Å²) in [4.78, 5) is 29.5. The first-order valence-corrected chi connectivity index (χ1v) is 6.85. The highest BCUT2D eigenvalue weighted by Crippen LogP contribution is 2.16. The number of carbonyl (C=O) groups is 2. The molecule has 20 heavy (non-hydrogen) atoms. The number of nitrogens with one attached hydrogen (secondary N) is 1. The standard InChI is InChI=1S/C14H19N3O3/c1-2-17(10-5-8-15-9-6-10)13(18)12-11(14(19)20)4-3-7-16-12/h3-4,7,10,15H,2,5-6,8-9H2,1H3,(H,19,20). The van der Waals surface area contributed by atoms with Crippen molar-refractivity contribution in [2.24, 2.45) is 0 Å². The van der Waals surface area contributed by atoms with Gasteiger partial charge >= 0.3 is 5.97 Å². The molecule has 1 fully saturated rings. The van der Waals surface area contributed by atoms with Crippen LogP contribution in [0.5, 0.6) is 0 Å². The maximum Gasteiger partial charge on any atom is 0.338 e. The van der Waals surface area contributed by atoms with Crippen LogP contribution in [-0.4, -0.2) is 52.5 Å². The van der Waals surface area contributed by atoms with Crippen LogP contribution >= 0.6 is 0 Å². The van der Waals surface area contributed by atoms with E-state index in [-0.39, 0.29) is 23.2 Å². The lowest BCUT2D eigenvalue weighted by atomic mass is 10.0. The number of hydrogen-bond donors (Lipinski definition) is 2. The van der Waals surface area contributed by atoms with Crippen molar-refractivity contribution in [3.05, 3.63) is 29.6 Å². The summed E-state index contributed by atoms with van der Waals surface area (Å²) in [6.45, 7) is 4.22. The van der Waals surface area contributed by atoms with Gasteiger partial charge < -0.3 is 15.3 Å². The number of nitrogens with zero attached hydrogens (tertiary/aromatic N) is 2. The molecule has 6 heteroatoms. The Kier molecular flexibility index (Phi) is 4.68. The van der Waals surface area contributed by atoms with Gasteiger partial charge in [0.15, 0.2) is 0 Å². The molecule has 1 aliphatic heterocycles. The molecule has 0 aromatic carbocycles. The van der Waals surface area contributed by atoms with Crippen molar-refractivity contribution in [2.75, 3.05) is 19.6 Å². The second-order valence-electron chi connectivity index (χ2n) is 4.78. The zero-order chi connectivity index (χ0) is 14.5. The van der Waals surface area contributed by atoms with Crippen LogP contribution in [0.2, 0.25) is 0 Å². The molecule has 2 heterocycles. The fourth-order valence-electron chi connectivity index (χ4n) is 2.57. The summed E-state index contributed by atoms with van der Waals surface area (Å²) in [5.41, 5.74) is -0.00901. The zero-order valence-electron chi connectivity index (χ0n) is 11.5. The molecule has 6 nitrogen and oxygen atoms in total. The van der Waals surface area contributed by atoms with Crippen molar-refractivity contribution in [1.82, 2.24) is 15.2 Å². The maximum absolute atomic E-state index is 12.6. The van der Waals surface area contributed by atoms with E-state index in [1.165, 1.54) is 18.3 Å². The third-order valence-corrected chi connectivity index (χ3v) is 3.59. The average molecular weight is 277 g/mol. The molecule has 1 aliphatic rings. The second kappa shape index (κ2) is 6.47. The molecule has 0 saturated carbocycles. The third-order valence-electron chi connectivity index (χ3n) is 3.59. The minimum Gasteiger partial charge on any atom is -0.478 e. The van der Waals surface area contributed by atoms with Gasteiger partial charge in [0.2, 0.25) is 0 Å². The van der Waals surface area contributed by atoms with E-state index >= 15 is 0 Å². The number of piperidine rings is 1. The van der Waals surface area contributed by atoms with Crippen LogP contribution in [0.3, 0.4) is 0 Å². The van der Waals surface area contributed by atoms with Gasteiger partial charge in [-0.25, -0.2) is 4.79 Å². The van der Waals surface area contributed by atoms with Crippen LogP contribution in [-0.2, 0) is 0 Å². The lowest BCUT2D eigenvalue weighted by molar-refractivity contribution is 0.0623. The summed E-state index contributed by atoms with van der Waals surface area (Å²) < 4.78 is 0. The topological polar surface area (TPSA) is 82.5 Å². The minimum absolute atomic E-state index is 0.0281. The monoisotopic (exact) mass is 277 g/mol. The molecule has 1 saturated heterocycles. The van der Waals surface area contributed by atoms with Crippen LogP contribution in [0, 0.1) is 0 Å². The number of hydrogen-bond acceptors (Lipinski definition) is 4. The van der Waals surface area contributed by atoms with E-state index in [9.17, 15) is 9.59 Å². The SMILES string of the molecule is CCN(C(=O)c1ncccc1C(=O)O)C1CCNCC1. The second-order valence-corrected chi connectivity index (χ2v) is 4.78. The van der Waals surface area contributed by atoms with Gasteiger partial charge in [-0.1, -0.05) is 0 Å².